The molecule has 2 aromatic heterocycles. The SMILES string of the molecule is COCCc1noc(CNC(=O)CCc2cnn(C)c2)n1. The molecule has 0 aliphatic heterocycles. The van der Waals surface area contributed by atoms with Gasteiger partial charge in [0.15, 0.2) is 5.82 Å². The topological polar surface area (TPSA) is 95.1 Å². The van der Waals surface area contributed by atoms with E-state index in [4.69, 9.17) is 9.26 Å². The van der Waals surface area contributed by atoms with Crippen LogP contribution < -0.4 is 5.32 Å². The molecule has 0 spiro atoms. The number of rotatable bonds is 8. The zero-order valence-corrected chi connectivity index (χ0v) is 12.2. The molecule has 0 unspecified atom stereocenters. The van der Waals surface area contributed by atoms with Crippen molar-refractivity contribution in [2.75, 3.05) is 13.7 Å². The Labute approximate surface area is 122 Å². The predicted molar refractivity (Wildman–Crippen MR) is 73.3 cm³/mol. The molecule has 0 atom stereocenters. The van der Waals surface area contributed by atoms with Crippen LogP contribution in [0.1, 0.15) is 23.7 Å². The molecule has 2 heterocycles. The summed E-state index contributed by atoms with van der Waals surface area (Å²) >= 11 is 0. The van der Waals surface area contributed by atoms with E-state index in [-0.39, 0.29) is 12.5 Å². The van der Waals surface area contributed by atoms with E-state index in [0.717, 1.165) is 5.56 Å². The standard InChI is InChI=1S/C13H19N5O3/c1-18-9-10(7-15-18)3-4-12(19)14-8-13-16-11(17-21-13)5-6-20-2/h7,9H,3-6,8H2,1-2H3,(H,14,19). The van der Waals surface area contributed by atoms with Gasteiger partial charge in [-0.1, -0.05) is 5.16 Å². The fourth-order valence-electron chi connectivity index (χ4n) is 1.78. The van der Waals surface area contributed by atoms with E-state index in [1.165, 1.54) is 0 Å². The lowest BCUT2D eigenvalue weighted by Crippen LogP contribution is -2.23. The van der Waals surface area contributed by atoms with Crippen LogP contribution in [0.4, 0.5) is 0 Å². The van der Waals surface area contributed by atoms with E-state index in [2.05, 4.69) is 20.6 Å². The Balaban J connectivity index is 1.69. The molecule has 1 N–H and O–H groups in total. The van der Waals surface area contributed by atoms with Crippen molar-refractivity contribution in [2.24, 2.45) is 7.05 Å². The maximum absolute atomic E-state index is 11.7. The Morgan fingerprint density at radius 3 is 3.05 bits per heavy atom. The minimum Gasteiger partial charge on any atom is -0.384 e. The monoisotopic (exact) mass is 293 g/mol. The van der Waals surface area contributed by atoms with E-state index in [9.17, 15) is 4.79 Å². The van der Waals surface area contributed by atoms with Crippen LogP contribution in [0.2, 0.25) is 0 Å². The van der Waals surface area contributed by atoms with Crippen LogP contribution in [0.25, 0.3) is 0 Å². The molecular formula is C13H19N5O3. The summed E-state index contributed by atoms with van der Waals surface area (Å²) in [5, 5.41) is 10.6. The van der Waals surface area contributed by atoms with Crippen LogP contribution in [0.3, 0.4) is 0 Å². The second-order valence-corrected chi connectivity index (χ2v) is 4.65. The number of nitrogens with one attached hydrogen (secondary N) is 1. The van der Waals surface area contributed by atoms with Crippen molar-refractivity contribution in [1.82, 2.24) is 25.2 Å². The number of ether oxygens (including phenoxy) is 1. The van der Waals surface area contributed by atoms with Gasteiger partial charge in [0, 0.05) is 33.2 Å². The van der Waals surface area contributed by atoms with Gasteiger partial charge in [-0.3, -0.25) is 9.48 Å². The van der Waals surface area contributed by atoms with Crippen LogP contribution in [0.15, 0.2) is 16.9 Å². The first kappa shape index (κ1) is 15.2. The first-order valence-corrected chi connectivity index (χ1v) is 6.72. The van der Waals surface area contributed by atoms with Gasteiger partial charge >= 0.3 is 0 Å². The van der Waals surface area contributed by atoms with Gasteiger partial charge < -0.3 is 14.6 Å². The van der Waals surface area contributed by atoms with Crippen molar-refractivity contribution in [2.45, 2.75) is 25.8 Å². The van der Waals surface area contributed by atoms with Gasteiger partial charge in [0.1, 0.15) is 0 Å². The number of amides is 1. The number of hydrogen-bond acceptors (Lipinski definition) is 6. The molecule has 114 valence electrons. The Kier molecular flexibility index (Phi) is 5.44. The van der Waals surface area contributed by atoms with E-state index < -0.39 is 0 Å². The van der Waals surface area contributed by atoms with Crippen LogP contribution in [-0.2, 0) is 36.0 Å². The van der Waals surface area contributed by atoms with E-state index >= 15 is 0 Å². The molecule has 1 amide bonds. The average molecular weight is 293 g/mol. The van der Waals surface area contributed by atoms with Crippen LogP contribution >= 0.6 is 0 Å². The van der Waals surface area contributed by atoms with Crippen molar-refractivity contribution >= 4 is 5.91 Å². The quantitative estimate of drug-likeness (QED) is 0.749. The lowest BCUT2D eigenvalue weighted by atomic mass is 10.2. The van der Waals surface area contributed by atoms with Gasteiger partial charge in [-0.25, -0.2) is 0 Å². The number of nitrogens with zero attached hydrogens (tertiary/aromatic N) is 4. The number of aromatic nitrogens is 4. The van der Waals surface area contributed by atoms with Crippen LogP contribution in [0.5, 0.6) is 0 Å². The highest BCUT2D eigenvalue weighted by Crippen LogP contribution is 2.02. The summed E-state index contributed by atoms with van der Waals surface area (Å²) in [4.78, 5) is 15.9. The highest BCUT2D eigenvalue weighted by Gasteiger charge is 2.08. The maximum atomic E-state index is 11.7. The van der Waals surface area contributed by atoms with E-state index in [0.29, 0.717) is 37.6 Å². The highest BCUT2D eigenvalue weighted by atomic mass is 16.5. The molecule has 0 aromatic carbocycles. The molecule has 0 aliphatic rings. The lowest BCUT2D eigenvalue weighted by Gasteiger charge is -2.00. The smallest absolute Gasteiger partial charge is 0.246 e. The summed E-state index contributed by atoms with van der Waals surface area (Å²) in [6.07, 6.45) is 5.30. The summed E-state index contributed by atoms with van der Waals surface area (Å²) in [5.41, 5.74) is 1.03. The summed E-state index contributed by atoms with van der Waals surface area (Å²) in [6.45, 7) is 0.780. The number of carbonyl (C=O) groups is 1. The zero-order chi connectivity index (χ0) is 15.1. The van der Waals surface area contributed by atoms with Crippen molar-refractivity contribution in [3.63, 3.8) is 0 Å². The minimum absolute atomic E-state index is 0.0597. The third kappa shape index (κ3) is 4.99. The molecule has 0 fully saturated rings. The van der Waals surface area contributed by atoms with Gasteiger partial charge in [0.2, 0.25) is 11.8 Å². The molecule has 0 radical (unpaired) electrons. The van der Waals surface area contributed by atoms with Gasteiger partial charge in [-0.05, 0) is 12.0 Å². The van der Waals surface area contributed by atoms with Crippen molar-refractivity contribution < 1.29 is 14.1 Å². The van der Waals surface area contributed by atoms with Crippen molar-refractivity contribution in [1.29, 1.82) is 0 Å². The van der Waals surface area contributed by atoms with Gasteiger partial charge in [-0.15, -0.1) is 0 Å². The third-order valence-corrected chi connectivity index (χ3v) is 2.88. The Bertz CT molecular complexity index is 578. The number of hydrogen-bond donors (Lipinski definition) is 1. The first-order chi connectivity index (χ1) is 10.2. The lowest BCUT2D eigenvalue weighted by molar-refractivity contribution is -0.121. The molecule has 21 heavy (non-hydrogen) atoms. The van der Waals surface area contributed by atoms with Gasteiger partial charge in [0.05, 0.1) is 19.3 Å². The Morgan fingerprint density at radius 1 is 1.48 bits per heavy atom. The molecule has 2 aromatic rings. The number of aryl methyl sites for hydroxylation is 2. The summed E-state index contributed by atoms with van der Waals surface area (Å²) in [5.74, 6) is 0.919. The second kappa shape index (κ2) is 7.53. The molecule has 0 aliphatic carbocycles. The predicted octanol–water partition coefficient (Wildman–Crippen LogP) is 0.241. The summed E-state index contributed by atoms with van der Waals surface area (Å²) in [7, 11) is 3.46. The molecule has 0 saturated carbocycles. The van der Waals surface area contributed by atoms with E-state index in [1.807, 2.05) is 13.2 Å². The molecule has 0 saturated heterocycles. The molecule has 8 nitrogen and oxygen atoms in total. The molecule has 8 heteroatoms. The molecule has 2 rings (SSSR count). The first-order valence-electron chi connectivity index (χ1n) is 6.72. The third-order valence-electron chi connectivity index (χ3n) is 2.88. The number of carbonyl (C=O) groups excluding carboxylic acids is 1. The van der Waals surface area contributed by atoms with Crippen LogP contribution in [-0.4, -0.2) is 39.5 Å². The van der Waals surface area contributed by atoms with Crippen molar-refractivity contribution in [3.8, 4) is 0 Å². The van der Waals surface area contributed by atoms with Gasteiger partial charge in [0.25, 0.3) is 0 Å². The van der Waals surface area contributed by atoms with E-state index in [1.54, 1.807) is 18.0 Å². The largest absolute Gasteiger partial charge is 0.384 e. The normalized spacial score (nSPS) is 10.8. The summed E-state index contributed by atoms with van der Waals surface area (Å²) in [6, 6.07) is 0. The van der Waals surface area contributed by atoms with Crippen LogP contribution in [0, 0.1) is 0 Å². The maximum Gasteiger partial charge on any atom is 0.246 e. The Morgan fingerprint density at radius 2 is 2.33 bits per heavy atom. The molecular weight excluding hydrogens is 274 g/mol. The highest BCUT2D eigenvalue weighted by molar-refractivity contribution is 5.75. The number of methoxy groups -OCH3 is 1. The fraction of sp³-hybridized carbons (Fsp3) is 0.538. The fourth-order valence-corrected chi connectivity index (χ4v) is 1.78. The summed E-state index contributed by atoms with van der Waals surface area (Å²) < 4.78 is 11.7. The second-order valence-electron chi connectivity index (χ2n) is 4.65. The average Bonchev–Trinajstić information content (AvgIpc) is 3.09. The molecule has 0 bridgehead atoms. The van der Waals surface area contributed by atoms with Gasteiger partial charge in [-0.2, -0.15) is 10.1 Å². The minimum atomic E-state index is -0.0597. The van der Waals surface area contributed by atoms with Crippen molar-refractivity contribution in [3.05, 3.63) is 29.7 Å². The Hall–Kier alpha value is -2.22. The zero-order valence-electron chi connectivity index (χ0n) is 12.2.